The number of ether oxygens (including phenoxy) is 1. The van der Waals surface area contributed by atoms with Crippen LogP contribution in [0, 0.1) is 0 Å². The van der Waals surface area contributed by atoms with Crippen LogP contribution in [0.3, 0.4) is 0 Å². The predicted molar refractivity (Wildman–Crippen MR) is 111 cm³/mol. The van der Waals surface area contributed by atoms with Crippen molar-refractivity contribution in [1.29, 1.82) is 0 Å². The molecule has 28 heavy (non-hydrogen) atoms. The van der Waals surface area contributed by atoms with Gasteiger partial charge in [0, 0.05) is 29.9 Å². The Morgan fingerprint density at radius 2 is 1.89 bits per heavy atom. The molecule has 0 bridgehead atoms. The Hall–Kier alpha value is -2.63. The Kier molecular flexibility index (Phi) is 5.46. The van der Waals surface area contributed by atoms with Crippen LogP contribution >= 0.6 is 23.2 Å². The summed E-state index contributed by atoms with van der Waals surface area (Å²) in [6, 6.07) is 9.82. The highest BCUT2D eigenvalue weighted by molar-refractivity contribution is 6.30. The van der Waals surface area contributed by atoms with Gasteiger partial charge in [-0.05, 0) is 47.7 Å². The topological polar surface area (TPSA) is 63.7 Å². The van der Waals surface area contributed by atoms with Crippen molar-refractivity contribution in [2.45, 2.75) is 19.3 Å². The lowest BCUT2D eigenvalue weighted by molar-refractivity contribution is 0.413. The van der Waals surface area contributed by atoms with Crippen LogP contribution < -0.4 is 4.74 Å². The van der Waals surface area contributed by atoms with Crippen LogP contribution in [0.4, 0.5) is 0 Å². The standard InChI is InChI=1S/C21H18Cl2N4O/c1-28-17-9-18-15(11-25-21(18)26-12-17)8-14-4-6-16(27-20(14)23)5-2-13-3-7-19(22)24-10-13/h3-4,6-7,9-12H,2,5,8H2,1H3,(H,25,26). The minimum atomic E-state index is 0.499. The molecule has 0 atom stereocenters. The summed E-state index contributed by atoms with van der Waals surface area (Å²) >= 11 is 12.3. The molecule has 4 rings (SSSR count). The van der Waals surface area contributed by atoms with E-state index < -0.39 is 0 Å². The highest BCUT2D eigenvalue weighted by Gasteiger charge is 2.11. The van der Waals surface area contributed by atoms with Gasteiger partial charge in [0.1, 0.15) is 21.7 Å². The maximum Gasteiger partial charge on any atom is 0.137 e. The summed E-state index contributed by atoms with van der Waals surface area (Å²) in [5.41, 5.74) is 4.97. The number of methoxy groups -OCH3 is 1. The highest BCUT2D eigenvalue weighted by Crippen LogP contribution is 2.26. The van der Waals surface area contributed by atoms with Crippen LogP contribution in [-0.4, -0.2) is 27.0 Å². The first kappa shape index (κ1) is 18.7. The summed E-state index contributed by atoms with van der Waals surface area (Å²) in [7, 11) is 1.63. The van der Waals surface area contributed by atoms with Crippen molar-refractivity contribution in [2.24, 2.45) is 0 Å². The molecule has 0 unspecified atom stereocenters. The van der Waals surface area contributed by atoms with E-state index in [9.17, 15) is 0 Å². The lowest BCUT2D eigenvalue weighted by Gasteiger charge is -2.07. The number of rotatable bonds is 6. The van der Waals surface area contributed by atoms with Crippen molar-refractivity contribution < 1.29 is 4.74 Å². The molecule has 0 aliphatic heterocycles. The molecule has 5 nitrogen and oxygen atoms in total. The third-order valence-electron chi connectivity index (χ3n) is 4.65. The SMILES string of the molecule is COc1cnc2[nH]cc(Cc3ccc(CCc4ccc(Cl)nc4)nc3Cl)c2c1. The molecule has 7 heteroatoms. The Labute approximate surface area is 172 Å². The van der Waals surface area contributed by atoms with Gasteiger partial charge in [0.05, 0.1) is 13.3 Å². The molecular weight excluding hydrogens is 395 g/mol. The second-order valence-electron chi connectivity index (χ2n) is 6.50. The minimum absolute atomic E-state index is 0.499. The summed E-state index contributed by atoms with van der Waals surface area (Å²) < 4.78 is 5.28. The Morgan fingerprint density at radius 3 is 2.64 bits per heavy atom. The molecule has 142 valence electrons. The number of aromatic nitrogens is 4. The van der Waals surface area contributed by atoms with Crippen LogP contribution in [0.5, 0.6) is 5.75 Å². The Bertz CT molecular complexity index is 1110. The van der Waals surface area contributed by atoms with Crippen molar-refractivity contribution in [3.8, 4) is 5.75 Å². The van der Waals surface area contributed by atoms with Crippen molar-refractivity contribution in [3.63, 3.8) is 0 Å². The molecule has 0 saturated heterocycles. The molecule has 4 heterocycles. The Morgan fingerprint density at radius 1 is 1.00 bits per heavy atom. The number of nitrogens with zero attached hydrogens (tertiary/aromatic N) is 3. The summed E-state index contributed by atoms with van der Waals surface area (Å²) in [5.74, 6) is 0.726. The molecule has 1 N–H and O–H groups in total. The molecule has 0 aromatic carbocycles. The molecule has 0 spiro atoms. The fourth-order valence-electron chi connectivity index (χ4n) is 3.10. The van der Waals surface area contributed by atoms with Crippen LogP contribution in [0.2, 0.25) is 10.3 Å². The summed E-state index contributed by atoms with van der Waals surface area (Å²) in [6.45, 7) is 0. The maximum atomic E-state index is 6.47. The van der Waals surface area contributed by atoms with Gasteiger partial charge in [-0.3, -0.25) is 0 Å². The van der Waals surface area contributed by atoms with E-state index in [0.29, 0.717) is 16.7 Å². The zero-order valence-corrected chi connectivity index (χ0v) is 16.8. The van der Waals surface area contributed by atoms with Crippen LogP contribution in [0.25, 0.3) is 11.0 Å². The Balaban J connectivity index is 1.49. The smallest absolute Gasteiger partial charge is 0.137 e. The van der Waals surface area contributed by atoms with Gasteiger partial charge >= 0.3 is 0 Å². The first-order chi connectivity index (χ1) is 13.6. The number of halogens is 2. The van der Waals surface area contributed by atoms with E-state index in [1.54, 1.807) is 25.6 Å². The van der Waals surface area contributed by atoms with E-state index >= 15 is 0 Å². The van der Waals surface area contributed by atoms with Gasteiger partial charge in [0.15, 0.2) is 0 Å². The van der Waals surface area contributed by atoms with E-state index in [1.807, 2.05) is 30.5 Å². The fourth-order valence-corrected chi connectivity index (χ4v) is 3.45. The van der Waals surface area contributed by atoms with Crippen LogP contribution in [0.1, 0.15) is 22.4 Å². The molecule has 4 aromatic heterocycles. The molecular formula is C21H18Cl2N4O. The zero-order valence-electron chi connectivity index (χ0n) is 15.2. The first-order valence-corrected chi connectivity index (χ1v) is 9.62. The van der Waals surface area contributed by atoms with E-state index in [-0.39, 0.29) is 0 Å². The largest absolute Gasteiger partial charge is 0.495 e. The molecule has 0 radical (unpaired) electrons. The lowest BCUT2D eigenvalue weighted by Crippen LogP contribution is -1.98. The van der Waals surface area contributed by atoms with Gasteiger partial charge in [-0.15, -0.1) is 0 Å². The number of fused-ring (bicyclic) bond motifs is 1. The minimum Gasteiger partial charge on any atom is -0.495 e. The molecule has 0 aliphatic rings. The molecule has 0 saturated carbocycles. The lowest BCUT2D eigenvalue weighted by atomic mass is 10.1. The van der Waals surface area contributed by atoms with Gasteiger partial charge in [-0.1, -0.05) is 35.3 Å². The van der Waals surface area contributed by atoms with E-state index in [1.165, 1.54) is 0 Å². The van der Waals surface area contributed by atoms with Crippen molar-refractivity contribution in [3.05, 3.63) is 81.6 Å². The quantitative estimate of drug-likeness (QED) is 0.450. The average molecular weight is 413 g/mol. The van der Waals surface area contributed by atoms with E-state index in [2.05, 4.69) is 19.9 Å². The van der Waals surface area contributed by atoms with Gasteiger partial charge < -0.3 is 9.72 Å². The molecule has 4 aromatic rings. The number of aryl methyl sites for hydroxylation is 2. The number of nitrogens with one attached hydrogen (secondary N) is 1. The third-order valence-corrected chi connectivity index (χ3v) is 5.20. The fraction of sp³-hybridized carbons (Fsp3) is 0.190. The van der Waals surface area contributed by atoms with Gasteiger partial charge in [-0.2, -0.15) is 0 Å². The number of hydrogen-bond donors (Lipinski definition) is 1. The second-order valence-corrected chi connectivity index (χ2v) is 7.25. The number of aromatic amines is 1. The summed E-state index contributed by atoms with van der Waals surface area (Å²) in [5, 5.41) is 2.05. The van der Waals surface area contributed by atoms with Gasteiger partial charge in [0.25, 0.3) is 0 Å². The predicted octanol–water partition coefficient (Wildman–Crippen LogP) is 5.04. The summed E-state index contributed by atoms with van der Waals surface area (Å²) in [6.07, 6.45) is 7.73. The molecule has 0 amide bonds. The zero-order chi connectivity index (χ0) is 19.5. The van der Waals surface area contributed by atoms with E-state index in [4.69, 9.17) is 27.9 Å². The van der Waals surface area contributed by atoms with Gasteiger partial charge in [-0.25, -0.2) is 15.0 Å². The maximum absolute atomic E-state index is 6.47. The third kappa shape index (κ3) is 4.11. The first-order valence-electron chi connectivity index (χ1n) is 8.87. The highest BCUT2D eigenvalue weighted by atomic mass is 35.5. The van der Waals surface area contributed by atoms with Crippen molar-refractivity contribution in [2.75, 3.05) is 7.11 Å². The van der Waals surface area contributed by atoms with Crippen LogP contribution in [0.15, 0.2) is 48.9 Å². The average Bonchev–Trinajstić information content (AvgIpc) is 3.11. The molecule has 0 aliphatic carbocycles. The normalized spacial score (nSPS) is 11.1. The number of hydrogen-bond acceptors (Lipinski definition) is 4. The number of H-pyrrole nitrogens is 1. The van der Waals surface area contributed by atoms with E-state index in [0.717, 1.165) is 52.0 Å². The van der Waals surface area contributed by atoms with Gasteiger partial charge in [0.2, 0.25) is 0 Å². The monoisotopic (exact) mass is 412 g/mol. The second kappa shape index (κ2) is 8.17. The van der Waals surface area contributed by atoms with Crippen molar-refractivity contribution in [1.82, 2.24) is 19.9 Å². The number of pyridine rings is 3. The van der Waals surface area contributed by atoms with Crippen molar-refractivity contribution >= 4 is 34.2 Å². The summed E-state index contributed by atoms with van der Waals surface area (Å²) in [4.78, 5) is 16.2. The molecule has 0 fully saturated rings. The van der Waals surface area contributed by atoms with Crippen LogP contribution in [-0.2, 0) is 19.3 Å².